The SMILES string of the molecule is Cc1ccc(CCc2ncc(CC(=O)O)s2)cc1. The lowest BCUT2D eigenvalue weighted by Gasteiger charge is -1.99. The topological polar surface area (TPSA) is 50.2 Å². The van der Waals surface area contributed by atoms with Crippen molar-refractivity contribution in [2.45, 2.75) is 26.2 Å². The predicted octanol–water partition coefficient (Wildman–Crippen LogP) is 2.86. The zero-order valence-electron chi connectivity index (χ0n) is 10.2. The first-order valence-corrected chi connectivity index (χ1v) is 6.66. The van der Waals surface area contributed by atoms with Crippen LogP contribution < -0.4 is 0 Å². The highest BCUT2D eigenvalue weighted by Crippen LogP contribution is 2.16. The fourth-order valence-corrected chi connectivity index (χ4v) is 2.61. The van der Waals surface area contributed by atoms with E-state index in [0.29, 0.717) is 0 Å². The molecule has 4 heteroatoms. The Bertz CT molecular complexity index is 531. The fourth-order valence-electron chi connectivity index (χ4n) is 1.70. The van der Waals surface area contributed by atoms with Crippen LogP contribution in [0.15, 0.2) is 30.5 Å². The quantitative estimate of drug-likeness (QED) is 0.900. The Kier molecular flexibility index (Phi) is 4.10. The van der Waals surface area contributed by atoms with E-state index in [-0.39, 0.29) is 6.42 Å². The van der Waals surface area contributed by atoms with Gasteiger partial charge in [-0.25, -0.2) is 4.98 Å². The van der Waals surface area contributed by atoms with E-state index in [1.807, 2.05) is 0 Å². The molecule has 2 rings (SSSR count). The molecule has 0 spiro atoms. The maximum absolute atomic E-state index is 10.6. The second-order valence-corrected chi connectivity index (χ2v) is 5.48. The first-order chi connectivity index (χ1) is 8.63. The maximum atomic E-state index is 10.6. The molecule has 1 N–H and O–H groups in total. The molecule has 0 atom stereocenters. The standard InChI is InChI=1S/C14H15NO2S/c1-10-2-4-11(5-3-10)6-7-13-15-9-12(18-13)8-14(16)17/h2-5,9H,6-8H2,1H3,(H,16,17). The summed E-state index contributed by atoms with van der Waals surface area (Å²) < 4.78 is 0. The van der Waals surface area contributed by atoms with Crippen molar-refractivity contribution < 1.29 is 9.90 Å². The Hall–Kier alpha value is -1.68. The fraction of sp³-hybridized carbons (Fsp3) is 0.286. The number of thiazole rings is 1. The van der Waals surface area contributed by atoms with Gasteiger partial charge in [0.1, 0.15) is 0 Å². The van der Waals surface area contributed by atoms with Crippen LogP contribution in [0, 0.1) is 6.92 Å². The highest BCUT2D eigenvalue weighted by molar-refractivity contribution is 7.11. The van der Waals surface area contributed by atoms with Gasteiger partial charge in [0.25, 0.3) is 0 Å². The molecule has 0 radical (unpaired) electrons. The minimum atomic E-state index is -0.802. The lowest BCUT2D eigenvalue weighted by Crippen LogP contribution is -1.97. The predicted molar refractivity (Wildman–Crippen MR) is 72.0 cm³/mol. The number of rotatable bonds is 5. The molecule has 1 aromatic carbocycles. The van der Waals surface area contributed by atoms with Crippen molar-refractivity contribution in [3.63, 3.8) is 0 Å². The third-order valence-electron chi connectivity index (χ3n) is 2.68. The van der Waals surface area contributed by atoms with E-state index in [2.05, 4.69) is 36.2 Å². The highest BCUT2D eigenvalue weighted by Gasteiger charge is 2.06. The molecule has 0 fully saturated rings. The highest BCUT2D eigenvalue weighted by atomic mass is 32.1. The average molecular weight is 261 g/mol. The van der Waals surface area contributed by atoms with Crippen LogP contribution in [-0.4, -0.2) is 16.1 Å². The molecule has 0 aliphatic heterocycles. The van der Waals surface area contributed by atoms with Crippen LogP contribution >= 0.6 is 11.3 Å². The summed E-state index contributed by atoms with van der Waals surface area (Å²) in [6.45, 7) is 2.07. The third kappa shape index (κ3) is 3.67. The summed E-state index contributed by atoms with van der Waals surface area (Å²) in [5, 5.41) is 9.70. The normalized spacial score (nSPS) is 10.5. The molecule has 0 unspecified atom stereocenters. The summed E-state index contributed by atoms with van der Waals surface area (Å²) in [4.78, 5) is 15.6. The van der Waals surface area contributed by atoms with Crippen LogP contribution in [0.4, 0.5) is 0 Å². The van der Waals surface area contributed by atoms with E-state index in [9.17, 15) is 4.79 Å². The van der Waals surface area contributed by atoms with E-state index in [4.69, 9.17) is 5.11 Å². The van der Waals surface area contributed by atoms with Crippen molar-refractivity contribution in [2.24, 2.45) is 0 Å². The smallest absolute Gasteiger partial charge is 0.308 e. The number of hydrogen-bond acceptors (Lipinski definition) is 3. The Labute approximate surface area is 110 Å². The zero-order chi connectivity index (χ0) is 13.0. The summed E-state index contributed by atoms with van der Waals surface area (Å²) in [7, 11) is 0. The molecular weight excluding hydrogens is 246 g/mol. The van der Waals surface area contributed by atoms with Gasteiger partial charge in [-0.15, -0.1) is 11.3 Å². The van der Waals surface area contributed by atoms with Gasteiger partial charge in [0.15, 0.2) is 0 Å². The van der Waals surface area contributed by atoms with Crippen molar-refractivity contribution in [3.8, 4) is 0 Å². The maximum Gasteiger partial charge on any atom is 0.308 e. The molecule has 0 aliphatic rings. The van der Waals surface area contributed by atoms with Gasteiger partial charge >= 0.3 is 5.97 Å². The van der Waals surface area contributed by atoms with Crippen molar-refractivity contribution in [3.05, 3.63) is 51.5 Å². The number of hydrogen-bond donors (Lipinski definition) is 1. The number of aliphatic carboxylic acids is 1. The molecular formula is C14H15NO2S. The van der Waals surface area contributed by atoms with Crippen LogP contribution in [0.2, 0.25) is 0 Å². The Morgan fingerprint density at radius 3 is 2.67 bits per heavy atom. The van der Waals surface area contributed by atoms with Gasteiger partial charge in [0.2, 0.25) is 0 Å². The van der Waals surface area contributed by atoms with Crippen molar-refractivity contribution >= 4 is 17.3 Å². The lowest BCUT2D eigenvalue weighted by molar-refractivity contribution is -0.136. The number of carbonyl (C=O) groups is 1. The van der Waals surface area contributed by atoms with Crippen molar-refractivity contribution in [2.75, 3.05) is 0 Å². The molecule has 0 bridgehead atoms. The van der Waals surface area contributed by atoms with Gasteiger partial charge in [-0.05, 0) is 18.9 Å². The summed E-state index contributed by atoms with van der Waals surface area (Å²) in [5.74, 6) is -0.802. The Morgan fingerprint density at radius 1 is 1.28 bits per heavy atom. The molecule has 0 saturated carbocycles. The van der Waals surface area contributed by atoms with Crippen LogP contribution in [0.3, 0.4) is 0 Å². The van der Waals surface area contributed by atoms with E-state index in [0.717, 1.165) is 22.7 Å². The number of aromatic nitrogens is 1. The van der Waals surface area contributed by atoms with E-state index >= 15 is 0 Å². The largest absolute Gasteiger partial charge is 0.481 e. The van der Waals surface area contributed by atoms with Crippen LogP contribution in [0.1, 0.15) is 21.0 Å². The monoisotopic (exact) mass is 261 g/mol. The number of carboxylic acid groups (broad SMARTS) is 1. The first kappa shape index (κ1) is 12.8. The number of nitrogens with zero attached hydrogens (tertiary/aromatic N) is 1. The van der Waals surface area contributed by atoms with Gasteiger partial charge in [-0.3, -0.25) is 4.79 Å². The Balaban J connectivity index is 1.92. The molecule has 18 heavy (non-hydrogen) atoms. The third-order valence-corrected chi connectivity index (χ3v) is 3.73. The van der Waals surface area contributed by atoms with Crippen LogP contribution in [0.25, 0.3) is 0 Å². The molecule has 0 amide bonds. The molecule has 0 saturated heterocycles. The molecule has 2 aromatic rings. The van der Waals surface area contributed by atoms with E-state index in [1.54, 1.807) is 6.20 Å². The lowest BCUT2D eigenvalue weighted by atomic mass is 10.1. The summed E-state index contributed by atoms with van der Waals surface area (Å²) in [5.41, 5.74) is 2.55. The average Bonchev–Trinajstić information content (AvgIpc) is 2.75. The minimum Gasteiger partial charge on any atom is -0.481 e. The van der Waals surface area contributed by atoms with E-state index in [1.165, 1.54) is 22.5 Å². The van der Waals surface area contributed by atoms with Gasteiger partial charge < -0.3 is 5.11 Å². The second-order valence-electron chi connectivity index (χ2n) is 4.28. The number of benzene rings is 1. The number of aryl methyl sites for hydroxylation is 3. The number of carboxylic acids is 1. The van der Waals surface area contributed by atoms with E-state index < -0.39 is 5.97 Å². The molecule has 3 nitrogen and oxygen atoms in total. The molecule has 94 valence electrons. The second kappa shape index (κ2) is 5.78. The Morgan fingerprint density at radius 2 is 2.00 bits per heavy atom. The zero-order valence-corrected chi connectivity index (χ0v) is 11.0. The van der Waals surface area contributed by atoms with Gasteiger partial charge in [-0.2, -0.15) is 0 Å². The first-order valence-electron chi connectivity index (χ1n) is 5.84. The van der Waals surface area contributed by atoms with Gasteiger partial charge in [-0.1, -0.05) is 29.8 Å². The van der Waals surface area contributed by atoms with Crippen molar-refractivity contribution in [1.82, 2.24) is 4.98 Å². The van der Waals surface area contributed by atoms with Crippen LogP contribution in [0.5, 0.6) is 0 Å². The minimum absolute atomic E-state index is 0.0716. The summed E-state index contributed by atoms with van der Waals surface area (Å²) in [6, 6.07) is 8.46. The van der Waals surface area contributed by atoms with Gasteiger partial charge in [0.05, 0.1) is 11.4 Å². The summed E-state index contributed by atoms with van der Waals surface area (Å²) in [6.07, 6.45) is 3.55. The molecule has 1 heterocycles. The van der Waals surface area contributed by atoms with Gasteiger partial charge in [0, 0.05) is 17.5 Å². The summed E-state index contributed by atoms with van der Waals surface area (Å²) >= 11 is 1.49. The molecule has 1 aromatic heterocycles. The van der Waals surface area contributed by atoms with Crippen molar-refractivity contribution in [1.29, 1.82) is 0 Å². The van der Waals surface area contributed by atoms with Crippen LogP contribution in [-0.2, 0) is 24.1 Å². The molecule has 0 aliphatic carbocycles.